The van der Waals surface area contributed by atoms with E-state index in [0.717, 1.165) is 17.5 Å². The van der Waals surface area contributed by atoms with Crippen molar-refractivity contribution in [2.45, 2.75) is 25.7 Å². The maximum absolute atomic E-state index is 13.3. The second-order valence-corrected chi connectivity index (χ2v) is 9.16. The average Bonchev–Trinajstić information content (AvgIpc) is 3.11. The minimum absolute atomic E-state index is 0.0902. The molecule has 2 aromatic heterocycles. The van der Waals surface area contributed by atoms with Crippen LogP contribution in [0.25, 0.3) is 0 Å². The van der Waals surface area contributed by atoms with Gasteiger partial charge in [0.25, 0.3) is 5.56 Å². The monoisotopic (exact) mass is 567 g/mol. The highest BCUT2D eigenvalue weighted by molar-refractivity contribution is 14.2. The highest BCUT2D eigenvalue weighted by Gasteiger charge is 2.33. The quantitative estimate of drug-likeness (QED) is 0.344. The normalized spacial score (nSPS) is 14.5. The van der Waals surface area contributed by atoms with Crippen LogP contribution in [0.5, 0.6) is 0 Å². The van der Waals surface area contributed by atoms with E-state index < -0.39 is 11.7 Å². The zero-order valence-electron chi connectivity index (χ0n) is 15.3. The van der Waals surface area contributed by atoms with Crippen LogP contribution in [0.2, 0.25) is 5.02 Å². The highest BCUT2D eigenvalue weighted by Crippen LogP contribution is 2.33. The van der Waals surface area contributed by atoms with Gasteiger partial charge in [0.2, 0.25) is 0 Å². The van der Waals surface area contributed by atoms with Crippen molar-refractivity contribution in [3.8, 4) is 0 Å². The number of anilines is 1. The molecule has 0 saturated carbocycles. The molecular weight excluding hydrogens is 553 g/mol. The van der Waals surface area contributed by atoms with Crippen LogP contribution in [0.1, 0.15) is 22.5 Å². The maximum Gasteiger partial charge on any atom is 0.416 e. The van der Waals surface area contributed by atoms with Crippen LogP contribution >= 0.6 is 40.0 Å². The fourth-order valence-corrected chi connectivity index (χ4v) is 5.18. The summed E-state index contributed by atoms with van der Waals surface area (Å²) in [7, 11) is 0. The minimum atomic E-state index is -4.41. The molecule has 0 saturated heterocycles. The Hall–Kier alpha value is -1.65. The van der Waals surface area contributed by atoms with E-state index in [-0.39, 0.29) is 29.1 Å². The van der Waals surface area contributed by atoms with E-state index >= 15 is 0 Å². The summed E-state index contributed by atoms with van der Waals surface area (Å²) >= 11 is 8.32. The lowest BCUT2D eigenvalue weighted by Crippen LogP contribution is -2.33. The molecule has 1 atom stereocenters. The zero-order chi connectivity index (χ0) is 21.5. The van der Waals surface area contributed by atoms with E-state index in [1.807, 2.05) is 4.90 Å². The van der Waals surface area contributed by atoms with E-state index in [1.54, 1.807) is 23.2 Å². The smallest absolute Gasteiger partial charge is 0.362 e. The van der Waals surface area contributed by atoms with E-state index in [1.165, 1.54) is 16.6 Å². The number of hydrogen-bond acceptors (Lipinski definition) is 4. The van der Waals surface area contributed by atoms with Gasteiger partial charge in [0.05, 0.1) is 42.4 Å². The number of nitrogens with zero attached hydrogens (tertiary/aromatic N) is 5. The molecule has 0 aliphatic carbocycles. The van der Waals surface area contributed by atoms with E-state index in [0.29, 0.717) is 25.2 Å². The molecule has 0 N–H and O–H groups in total. The van der Waals surface area contributed by atoms with E-state index in [9.17, 15) is 18.0 Å². The van der Waals surface area contributed by atoms with Crippen molar-refractivity contribution in [2.75, 3.05) is 11.4 Å². The van der Waals surface area contributed by atoms with Crippen molar-refractivity contribution in [3.63, 3.8) is 0 Å². The van der Waals surface area contributed by atoms with Gasteiger partial charge >= 0.3 is 6.18 Å². The summed E-state index contributed by atoms with van der Waals surface area (Å²) in [5.74, 6) is 0. The molecule has 1 aliphatic rings. The molecule has 4 rings (SSSR count). The summed E-state index contributed by atoms with van der Waals surface area (Å²) in [5.41, 5.74) is 1.38. The molecule has 1 aromatic carbocycles. The van der Waals surface area contributed by atoms with Gasteiger partial charge in [-0.2, -0.15) is 18.3 Å². The summed E-state index contributed by atoms with van der Waals surface area (Å²) in [6, 6.07) is 5.56. The van der Waals surface area contributed by atoms with E-state index in [2.05, 4.69) is 32.1 Å². The fraction of sp³-hybridized carbons (Fsp3) is 0.278. The number of alkyl halides is 3. The molecule has 30 heavy (non-hydrogen) atoms. The van der Waals surface area contributed by atoms with Crippen LogP contribution in [-0.4, -0.2) is 25.6 Å². The zero-order valence-corrected chi connectivity index (χ0v) is 19.2. The lowest BCUT2D eigenvalue weighted by Gasteiger charge is -2.29. The number of halogens is 5. The van der Waals surface area contributed by atoms with E-state index in [4.69, 9.17) is 11.6 Å². The second kappa shape index (κ2) is 8.47. The summed E-state index contributed by atoms with van der Waals surface area (Å²) in [6.07, 6.45) is -0.558. The minimum Gasteiger partial charge on any atom is -0.362 e. The number of fused-ring (bicyclic) bond motifs is 1. The van der Waals surface area contributed by atoms with Gasteiger partial charge < -0.3 is 9.47 Å². The first-order valence-corrected chi connectivity index (χ1v) is 13.3. The molecular formula is C18H15ClF3IN5OP. The average molecular weight is 568 g/mol. The molecule has 3 aromatic rings. The Morgan fingerprint density at radius 1 is 1.27 bits per heavy atom. The Labute approximate surface area is 189 Å². The van der Waals surface area contributed by atoms with Gasteiger partial charge in [-0.1, -0.05) is 29.8 Å². The van der Waals surface area contributed by atoms with Crippen LogP contribution in [0.15, 0.2) is 41.6 Å². The molecule has 6 nitrogen and oxygen atoms in total. The fourth-order valence-electron chi connectivity index (χ4n) is 3.53. The molecule has 0 bridgehead atoms. The Morgan fingerprint density at radius 2 is 2.03 bits per heavy atom. The van der Waals surface area contributed by atoms with Gasteiger partial charge in [0, 0.05) is 25.2 Å². The highest BCUT2D eigenvalue weighted by atomic mass is 127. The van der Waals surface area contributed by atoms with Gasteiger partial charge in [0.1, 0.15) is 5.02 Å². The van der Waals surface area contributed by atoms with Crippen molar-refractivity contribution >= 4 is 45.7 Å². The molecule has 0 radical (unpaired) electrons. The molecule has 3 heterocycles. The Morgan fingerprint density at radius 3 is 2.77 bits per heavy atom. The number of imidazole rings is 1. The SMILES string of the molecule is O=c1c(Cl)c(N2CCc3c(ncn3Cc3ccccc3C(F)(F)F)C2)cnn1PI. The Bertz CT molecular complexity index is 1150. The molecule has 0 fully saturated rings. The summed E-state index contributed by atoms with van der Waals surface area (Å²) < 4.78 is 43.0. The van der Waals surface area contributed by atoms with Crippen molar-refractivity contribution in [3.05, 3.63) is 74.7 Å². The van der Waals surface area contributed by atoms with Crippen LogP contribution in [0.4, 0.5) is 18.9 Å². The molecule has 1 aliphatic heterocycles. The van der Waals surface area contributed by atoms with Crippen LogP contribution in [0, 0.1) is 0 Å². The maximum atomic E-state index is 13.3. The number of rotatable bonds is 4. The van der Waals surface area contributed by atoms with Crippen LogP contribution in [0.3, 0.4) is 0 Å². The third-order valence-electron chi connectivity index (χ3n) is 4.98. The molecule has 1 unspecified atom stereocenters. The van der Waals surface area contributed by atoms with Crippen LogP contribution in [-0.2, 0) is 25.7 Å². The Balaban J connectivity index is 1.60. The van der Waals surface area contributed by atoms with Crippen molar-refractivity contribution in [1.82, 2.24) is 19.1 Å². The first kappa shape index (κ1) is 21.6. The lowest BCUT2D eigenvalue weighted by atomic mass is 10.1. The van der Waals surface area contributed by atoms with Crippen LogP contribution < -0.4 is 10.5 Å². The first-order valence-electron chi connectivity index (χ1n) is 8.87. The van der Waals surface area contributed by atoms with Crippen molar-refractivity contribution in [1.29, 1.82) is 0 Å². The Kier molecular flexibility index (Phi) is 6.09. The largest absolute Gasteiger partial charge is 0.416 e. The first-order chi connectivity index (χ1) is 14.3. The third kappa shape index (κ3) is 4.09. The van der Waals surface area contributed by atoms with Gasteiger partial charge in [0.15, 0.2) is 0 Å². The number of hydrogen-bond donors (Lipinski definition) is 0. The van der Waals surface area contributed by atoms with Crippen molar-refractivity contribution < 1.29 is 13.2 Å². The molecule has 158 valence electrons. The molecule has 0 spiro atoms. The van der Waals surface area contributed by atoms with Gasteiger partial charge in [-0.15, -0.1) is 0 Å². The topological polar surface area (TPSA) is 56.0 Å². The summed E-state index contributed by atoms with van der Waals surface area (Å²) in [4.78, 5) is 18.6. The summed E-state index contributed by atoms with van der Waals surface area (Å²) in [5, 5.41) is 4.24. The lowest BCUT2D eigenvalue weighted by molar-refractivity contribution is -0.138. The predicted molar refractivity (Wildman–Crippen MR) is 119 cm³/mol. The second-order valence-electron chi connectivity index (χ2n) is 6.74. The van der Waals surface area contributed by atoms with Gasteiger partial charge in [-0.25, -0.2) is 9.44 Å². The number of benzene rings is 1. The van der Waals surface area contributed by atoms with Gasteiger partial charge in [-0.3, -0.25) is 4.79 Å². The van der Waals surface area contributed by atoms with Crippen molar-refractivity contribution in [2.24, 2.45) is 0 Å². The molecule has 12 heteroatoms. The predicted octanol–water partition coefficient (Wildman–Crippen LogP) is 4.51. The standard InChI is InChI=1S/C18H15ClF3IN5OP/c19-16-15(7-25-28(30-23)17(16)29)26-6-5-14-13(9-26)24-10-27(14)8-11-3-1-2-4-12(11)18(20,21)22/h1-4,7,10,30H,5-6,8-9H2. The van der Waals surface area contributed by atoms with Gasteiger partial charge in [-0.05, 0) is 33.7 Å². The molecule has 0 amide bonds. The number of aromatic nitrogens is 4. The third-order valence-corrected chi connectivity index (χ3v) is 7.18. The summed E-state index contributed by atoms with van der Waals surface area (Å²) in [6.45, 7) is 1.05.